The average molecular weight is 183 g/mol. The SMILES string of the molecule is CCCC1CC(C)(C)NC(C)(C)C1. The van der Waals surface area contributed by atoms with Gasteiger partial charge in [0.15, 0.2) is 0 Å². The van der Waals surface area contributed by atoms with E-state index in [1.165, 1.54) is 25.7 Å². The van der Waals surface area contributed by atoms with Crippen LogP contribution in [0.2, 0.25) is 0 Å². The van der Waals surface area contributed by atoms with Crippen LogP contribution >= 0.6 is 0 Å². The van der Waals surface area contributed by atoms with Gasteiger partial charge in [-0.15, -0.1) is 0 Å². The van der Waals surface area contributed by atoms with Gasteiger partial charge < -0.3 is 5.32 Å². The third-order valence-corrected chi connectivity index (χ3v) is 2.97. The number of nitrogens with one attached hydrogen (secondary N) is 1. The molecule has 0 atom stereocenters. The van der Waals surface area contributed by atoms with Crippen molar-refractivity contribution >= 4 is 0 Å². The largest absolute Gasteiger partial charge is 0.307 e. The van der Waals surface area contributed by atoms with E-state index in [2.05, 4.69) is 39.9 Å². The fourth-order valence-corrected chi connectivity index (χ4v) is 3.15. The van der Waals surface area contributed by atoms with Crippen molar-refractivity contribution in [2.24, 2.45) is 5.92 Å². The van der Waals surface area contributed by atoms with Crippen LogP contribution in [0, 0.1) is 5.92 Å². The Morgan fingerprint density at radius 3 is 1.92 bits per heavy atom. The zero-order chi connectivity index (χ0) is 10.1. The summed E-state index contributed by atoms with van der Waals surface area (Å²) in [5.41, 5.74) is 0.670. The molecule has 0 aromatic carbocycles. The Labute approximate surface area is 83.3 Å². The van der Waals surface area contributed by atoms with E-state index in [1.54, 1.807) is 0 Å². The molecular formula is C12H25N. The molecule has 1 N–H and O–H groups in total. The summed E-state index contributed by atoms with van der Waals surface area (Å²) in [6.07, 6.45) is 5.40. The van der Waals surface area contributed by atoms with Crippen LogP contribution in [-0.4, -0.2) is 11.1 Å². The van der Waals surface area contributed by atoms with Gasteiger partial charge in [-0.1, -0.05) is 19.8 Å². The summed E-state index contributed by atoms with van der Waals surface area (Å²) >= 11 is 0. The summed E-state index contributed by atoms with van der Waals surface area (Å²) < 4.78 is 0. The normalized spacial score (nSPS) is 27.5. The van der Waals surface area contributed by atoms with E-state index in [0.29, 0.717) is 11.1 Å². The molecule has 0 spiro atoms. The van der Waals surface area contributed by atoms with Crippen molar-refractivity contribution in [2.75, 3.05) is 0 Å². The molecule has 1 saturated heterocycles. The first kappa shape index (κ1) is 11.0. The molecule has 0 unspecified atom stereocenters. The Kier molecular flexibility index (Phi) is 3.06. The molecule has 1 rings (SSSR count). The van der Waals surface area contributed by atoms with Crippen molar-refractivity contribution < 1.29 is 0 Å². The van der Waals surface area contributed by atoms with Crippen molar-refractivity contribution in [3.05, 3.63) is 0 Å². The summed E-state index contributed by atoms with van der Waals surface area (Å²) in [7, 11) is 0. The van der Waals surface area contributed by atoms with E-state index in [9.17, 15) is 0 Å². The molecule has 0 aromatic rings. The molecule has 13 heavy (non-hydrogen) atoms. The fraction of sp³-hybridized carbons (Fsp3) is 1.00. The summed E-state index contributed by atoms with van der Waals surface area (Å²) in [6.45, 7) is 11.6. The van der Waals surface area contributed by atoms with Crippen LogP contribution < -0.4 is 5.32 Å². The zero-order valence-corrected chi connectivity index (χ0v) is 9.91. The van der Waals surface area contributed by atoms with Gasteiger partial charge >= 0.3 is 0 Å². The molecule has 1 aliphatic heterocycles. The molecular weight excluding hydrogens is 158 g/mol. The van der Waals surface area contributed by atoms with Crippen LogP contribution in [-0.2, 0) is 0 Å². The Morgan fingerprint density at radius 2 is 1.54 bits per heavy atom. The van der Waals surface area contributed by atoms with Gasteiger partial charge in [0.05, 0.1) is 0 Å². The fourth-order valence-electron chi connectivity index (χ4n) is 3.15. The van der Waals surface area contributed by atoms with Gasteiger partial charge in [0.25, 0.3) is 0 Å². The quantitative estimate of drug-likeness (QED) is 0.692. The van der Waals surface area contributed by atoms with E-state index < -0.39 is 0 Å². The molecule has 0 aliphatic carbocycles. The Bertz CT molecular complexity index is 154. The standard InChI is InChI=1S/C12H25N/c1-6-7-10-8-11(2,3)13-12(4,5)9-10/h10,13H,6-9H2,1-5H3. The van der Waals surface area contributed by atoms with Gasteiger partial charge in [-0.2, -0.15) is 0 Å². The lowest BCUT2D eigenvalue weighted by atomic mass is 9.74. The highest BCUT2D eigenvalue weighted by atomic mass is 15.0. The summed E-state index contributed by atoms with van der Waals surface area (Å²) in [4.78, 5) is 0. The third-order valence-electron chi connectivity index (χ3n) is 2.97. The molecule has 0 bridgehead atoms. The van der Waals surface area contributed by atoms with E-state index in [4.69, 9.17) is 0 Å². The predicted octanol–water partition coefficient (Wildman–Crippen LogP) is 3.34. The van der Waals surface area contributed by atoms with Crippen LogP contribution in [0.1, 0.15) is 60.3 Å². The van der Waals surface area contributed by atoms with Crippen LogP contribution in [0.4, 0.5) is 0 Å². The van der Waals surface area contributed by atoms with E-state index in [1.807, 2.05) is 0 Å². The molecule has 1 fully saturated rings. The third kappa shape index (κ3) is 3.30. The predicted molar refractivity (Wildman–Crippen MR) is 58.9 cm³/mol. The number of hydrogen-bond donors (Lipinski definition) is 1. The molecule has 0 amide bonds. The second-order valence-corrected chi connectivity index (χ2v) is 5.96. The van der Waals surface area contributed by atoms with Crippen LogP contribution in [0.3, 0.4) is 0 Å². The molecule has 0 aromatic heterocycles. The lowest BCUT2D eigenvalue weighted by Gasteiger charge is -2.46. The maximum Gasteiger partial charge on any atom is 0.0132 e. The van der Waals surface area contributed by atoms with Crippen LogP contribution in [0.25, 0.3) is 0 Å². The van der Waals surface area contributed by atoms with Gasteiger partial charge in [0.1, 0.15) is 0 Å². The minimum absolute atomic E-state index is 0.335. The van der Waals surface area contributed by atoms with Gasteiger partial charge in [0.2, 0.25) is 0 Å². The van der Waals surface area contributed by atoms with Crippen molar-refractivity contribution in [1.29, 1.82) is 0 Å². The smallest absolute Gasteiger partial charge is 0.0132 e. The Morgan fingerprint density at radius 1 is 1.08 bits per heavy atom. The minimum atomic E-state index is 0.335. The van der Waals surface area contributed by atoms with Crippen molar-refractivity contribution in [3.8, 4) is 0 Å². The van der Waals surface area contributed by atoms with Gasteiger partial charge in [-0.05, 0) is 46.5 Å². The number of rotatable bonds is 2. The van der Waals surface area contributed by atoms with E-state index >= 15 is 0 Å². The highest BCUT2D eigenvalue weighted by molar-refractivity contribution is 4.96. The molecule has 1 heteroatoms. The van der Waals surface area contributed by atoms with Gasteiger partial charge in [0, 0.05) is 11.1 Å². The Balaban J connectivity index is 2.61. The monoisotopic (exact) mass is 183 g/mol. The highest BCUT2D eigenvalue weighted by Crippen LogP contribution is 2.34. The first-order chi connectivity index (χ1) is 5.85. The van der Waals surface area contributed by atoms with Crippen LogP contribution in [0.15, 0.2) is 0 Å². The van der Waals surface area contributed by atoms with Gasteiger partial charge in [-0.3, -0.25) is 0 Å². The lowest BCUT2D eigenvalue weighted by Crippen LogP contribution is -2.57. The molecule has 1 heterocycles. The number of hydrogen-bond acceptors (Lipinski definition) is 1. The first-order valence-corrected chi connectivity index (χ1v) is 5.64. The molecule has 1 aliphatic rings. The lowest BCUT2D eigenvalue weighted by molar-refractivity contribution is 0.123. The first-order valence-electron chi connectivity index (χ1n) is 5.64. The Hall–Kier alpha value is -0.0400. The molecule has 0 saturated carbocycles. The number of piperidine rings is 1. The molecule has 78 valence electrons. The van der Waals surface area contributed by atoms with Crippen molar-refractivity contribution in [1.82, 2.24) is 5.32 Å². The maximum atomic E-state index is 3.72. The second-order valence-electron chi connectivity index (χ2n) is 5.96. The maximum absolute atomic E-state index is 3.72. The zero-order valence-electron chi connectivity index (χ0n) is 9.91. The van der Waals surface area contributed by atoms with Crippen molar-refractivity contribution in [2.45, 2.75) is 71.4 Å². The minimum Gasteiger partial charge on any atom is -0.307 e. The average Bonchev–Trinajstić information content (AvgIpc) is 1.78. The highest BCUT2D eigenvalue weighted by Gasteiger charge is 2.36. The summed E-state index contributed by atoms with van der Waals surface area (Å²) in [6, 6.07) is 0. The summed E-state index contributed by atoms with van der Waals surface area (Å²) in [5, 5.41) is 3.72. The van der Waals surface area contributed by atoms with E-state index in [-0.39, 0.29) is 0 Å². The van der Waals surface area contributed by atoms with E-state index in [0.717, 1.165) is 5.92 Å². The molecule has 1 nitrogen and oxygen atoms in total. The molecule has 0 radical (unpaired) electrons. The second kappa shape index (κ2) is 3.61. The topological polar surface area (TPSA) is 12.0 Å². The van der Waals surface area contributed by atoms with Crippen molar-refractivity contribution in [3.63, 3.8) is 0 Å². The van der Waals surface area contributed by atoms with Crippen LogP contribution in [0.5, 0.6) is 0 Å². The van der Waals surface area contributed by atoms with Gasteiger partial charge in [-0.25, -0.2) is 0 Å². The summed E-state index contributed by atoms with van der Waals surface area (Å²) in [5.74, 6) is 0.927.